The topological polar surface area (TPSA) is 61.6 Å². The number of rotatable bonds is 4. The van der Waals surface area contributed by atoms with Gasteiger partial charge in [-0.3, -0.25) is 9.69 Å². The van der Waals surface area contributed by atoms with Gasteiger partial charge in [0.25, 0.3) is 6.01 Å². The molecule has 1 aliphatic carbocycles. The molecule has 0 spiro atoms. The summed E-state index contributed by atoms with van der Waals surface area (Å²) >= 11 is 0. The number of benzene rings is 1. The highest BCUT2D eigenvalue weighted by Gasteiger charge is 2.33. The Balaban J connectivity index is 1.14. The van der Waals surface area contributed by atoms with Crippen LogP contribution in [0.4, 0.5) is 6.01 Å². The smallest absolute Gasteiger partial charge is 0.298 e. The van der Waals surface area contributed by atoms with Gasteiger partial charge in [-0.25, -0.2) is 0 Å². The fraction of sp³-hybridized carbons (Fsp3) is 0.667. The molecule has 1 saturated carbocycles. The maximum absolute atomic E-state index is 12.9. The van der Waals surface area contributed by atoms with E-state index in [-0.39, 0.29) is 5.92 Å². The first-order valence-electron chi connectivity index (χ1n) is 11.9. The Morgan fingerprint density at radius 1 is 0.967 bits per heavy atom. The number of likely N-dealkylation sites (tertiary alicyclic amines) is 1. The number of hydrogen-bond acceptors (Lipinski definition) is 5. The molecule has 1 amide bonds. The molecule has 30 heavy (non-hydrogen) atoms. The van der Waals surface area contributed by atoms with Crippen LogP contribution in [0.15, 0.2) is 28.7 Å². The van der Waals surface area contributed by atoms with Crippen LogP contribution in [0, 0.1) is 5.92 Å². The number of oxazole rings is 1. The number of aromatic nitrogens is 1. The van der Waals surface area contributed by atoms with Gasteiger partial charge in [-0.1, -0.05) is 31.4 Å². The molecular formula is C24H34N4O2. The molecule has 0 bridgehead atoms. The summed E-state index contributed by atoms with van der Waals surface area (Å²) < 4.78 is 5.96. The predicted octanol–water partition coefficient (Wildman–Crippen LogP) is 3.96. The summed E-state index contributed by atoms with van der Waals surface area (Å²) in [6.07, 6.45) is 10.6. The number of carbonyl (C=O) groups is 1. The number of hydrogen-bond donors (Lipinski definition) is 1. The van der Waals surface area contributed by atoms with Crippen LogP contribution in [0.25, 0.3) is 11.1 Å². The normalized spacial score (nSPS) is 24.9. The zero-order chi connectivity index (χ0) is 20.3. The zero-order valence-electron chi connectivity index (χ0n) is 17.9. The molecule has 6 heteroatoms. The molecule has 1 aromatic carbocycles. The van der Waals surface area contributed by atoms with Gasteiger partial charge in [0, 0.05) is 31.7 Å². The number of amides is 1. The highest BCUT2D eigenvalue weighted by Crippen LogP contribution is 2.28. The third kappa shape index (κ3) is 4.34. The summed E-state index contributed by atoms with van der Waals surface area (Å²) in [7, 11) is 0. The fourth-order valence-corrected chi connectivity index (χ4v) is 5.54. The van der Waals surface area contributed by atoms with Crippen LogP contribution in [0.3, 0.4) is 0 Å². The Labute approximate surface area is 179 Å². The third-order valence-corrected chi connectivity index (χ3v) is 7.31. The Kier molecular flexibility index (Phi) is 5.93. The van der Waals surface area contributed by atoms with Crippen molar-refractivity contribution in [1.29, 1.82) is 0 Å². The Morgan fingerprint density at radius 2 is 1.77 bits per heavy atom. The van der Waals surface area contributed by atoms with Gasteiger partial charge < -0.3 is 14.6 Å². The van der Waals surface area contributed by atoms with Gasteiger partial charge in [0.1, 0.15) is 5.52 Å². The molecule has 1 N–H and O–H groups in total. The lowest BCUT2D eigenvalue weighted by Gasteiger charge is -2.42. The molecule has 6 nitrogen and oxygen atoms in total. The first-order valence-corrected chi connectivity index (χ1v) is 11.9. The van der Waals surface area contributed by atoms with E-state index in [4.69, 9.17) is 4.42 Å². The van der Waals surface area contributed by atoms with Gasteiger partial charge >= 0.3 is 0 Å². The second kappa shape index (κ2) is 8.96. The molecule has 1 atom stereocenters. The SMILES string of the molecule is O=C(NC1CCCCC1)[C@@H]1CCCN(C2CCN(c3nc4ccccc4o3)CC2)C1. The summed E-state index contributed by atoms with van der Waals surface area (Å²) in [5.41, 5.74) is 1.79. The monoisotopic (exact) mass is 410 g/mol. The lowest BCUT2D eigenvalue weighted by atomic mass is 9.91. The number of nitrogens with zero attached hydrogens (tertiary/aromatic N) is 3. The number of carbonyl (C=O) groups excluding carboxylic acids is 1. The van der Waals surface area contributed by atoms with Gasteiger partial charge in [-0.05, 0) is 57.2 Å². The lowest BCUT2D eigenvalue weighted by Crippen LogP contribution is -2.51. The molecule has 2 aromatic rings. The van der Waals surface area contributed by atoms with Crippen molar-refractivity contribution in [3.63, 3.8) is 0 Å². The minimum Gasteiger partial charge on any atom is -0.423 e. The molecule has 1 aromatic heterocycles. The molecule has 3 aliphatic rings. The second-order valence-electron chi connectivity index (χ2n) is 9.36. The summed E-state index contributed by atoms with van der Waals surface area (Å²) in [6, 6.07) is 9.69. The van der Waals surface area contributed by atoms with Crippen molar-refractivity contribution in [3.8, 4) is 0 Å². The lowest BCUT2D eigenvalue weighted by molar-refractivity contribution is -0.128. The number of piperidine rings is 2. The van der Waals surface area contributed by atoms with Crippen molar-refractivity contribution in [2.24, 2.45) is 5.92 Å². The van der Waals surface area contributed by atoms with Gasteiger partial charge in [0.2, 0.25) is 5.91 Å². The molecule has 162 valence electrons. The second-order valence-corrected chi connectivity index (χ2v) is 9.36. The largest absolute Gasteiger partial charge is 0.423 e. The summed E-state index contributed by atoms with van der Waals surface area (Å²) in [5.74, 6) is 0.464. The minimum absolute atomic E-state index is 0.163. The van der Waals surface area contributed by atoms with Crippen LogP contribution in [-0.4, -0.2) is 54.1 Å². The van der Waals surface area contributed by atoms with E-state index in [1.807, 2.05) is 24.3 Å². The molecule has 3 heterocycles. The molecule has 2 saturated heterocycles. The quantitative estimate of drug-likeness (QED) is 0.827. The van der Waals surface area contributed by atoms with Crippen LogP contribution >= 0.6 is 0 Å². The van der Waals surface area contributed by atoms with Gasteiger partial charge in [-0.15, -0.1) is 0 Å². The van der Waals surface area contributed by atoms with E-state index in [2.05, 4.69) is 20.1 Å². The van der Waals surface area contributed by atoms with Crippen LogP contribution < -0.4 is 10.2 Å². The number of para-hydroxylation sites is 2. The minimum atomic E-state index is 0.163. The molecule has 0 radical (unpaired) electrons. The molecule has 0 unspecified atom stereocenters. The maximum Gasteiger partial charge on any atom is 0.298 e. The Morgan fingerprint density at radius 3 is 2.57 bits per heavy atom. The van der Waals surface area contributed by atoms with Crippen molar-refractivity contribution in [1.82, 2.24) is 15.2 Å². The maximum atomic E-state index is 12.9. The van der Waals surface area contributed by atoms with Gasteiger partial charge in [0.05, 0.1) is 5.92 Å². The molecule has 3 fully saturated rings. The third-order valence-electron chi connectivity index (χ3n) is 7.31. The van der Waals surface area contributed by atoms with E-state index in [9.17, 15) is 4.79 Å². The van der Waals surface area contributed by atoms with Crippen LogP contribution in [0.1, 0.15) is 57.8 Å². The Hall–Kier alpha value is -2.08. The van der Waals surface area contributed by atoms with Gasteiger partial charge in [-0.2, -0.15) is 4.98 Å². The van der Waals surface area contributed by atoms with Crippen molar-refractivity contribution < 1.29 is 9.21 Å². The predicted molar refractivity (Wildman–Crippen MR) is 119 cm³/mol. The molecule has 2 aliphatic heterocycles. The van der Waals surface area contributed by atoms with Crippen molar-refractivity contribution in [2.45, 2.75) is 69.9 Å². The molecule has 5 rings (SSSR count). The number of nitrogens with one attached hydrogen (secondary N) is 1. The number of anilines is 1. The highest BCUT2D eigenvalue weighted by atomic mass is 16.4. The summed E-state index contributed by atoms with van der Waals surface area (Å²) in [6.45, 7) is 3.98. The van der Waals surface area contributed by atoms with Crippen LogP contribution in [0.5, 0.6) is 0 Å². The van der Waals surface area contributed by atoms with E-state index in [1.54, 1.807) is 0 Å². The van der Waals surface area contributed by atoms with E-state index in [0.717, 1.165) is 81.8 Å². The summed E-state index contributed by atoms with van der Waals surface area (Å²) in [5, 5.41) is 3.36. The van der Waals surface area contributed by atoms with E-state index in [1.165, 1.54) is 19.3 Å². The fourth-order valence-electron chi connectivity index (χ4n) is 5.54. The first-order chi connectivity index (χ1) is 14.8. The summed E-state index contributed by atoms with van der Waals surface area (Å²) in [4.78, 5) is 22.4. The van der Waals surface area contributed by atoms with E-state index < -0.39 is 0 Å². The van der Waals surface area contributed by atoms with Crippen molar-refractivity contribution in [3.05, 3.63) is 24.3 Å². The van der Waals surface area contributed by atoms with Gasteiger partial charge in [0.15, 0.2) is 5.58 Å². The van der Waals surface area contributed by atoms with Crippen molar-refractivity contribution >= 4 is 23.0 Å². The Bertz CT molecular complexity index is 819. The standard InChI is InChI=1S/C24H34N4O2/c29-23(25-19-8-2-1-3-9-19)18-7-6-14-28(17-18)20-12-15-27(16-13-20)24-26-21-10-4-5-11-22(21)30-24/h4-5,10-11,18-20H,1-3,6-9,12-17H2,(H,25,29)/t18-/m1/s1. The van der Waals surface area contributed by atoms with E-state index >= 15 is 0 Å². The zero-order valence-corrected chi connectivity index (χ0v) is 17.9. The first kappa shape index (κ1) is 19.9. The average molecular weight is 411 g/mol. The van der Waals surface area contributed by atoms with Crippen LogP contribution in [0.2, 0.25) is 0 Å². The van der Waals surface area contributed by atoms with Crippen molar-refractivity contribution in [2.75, 3.05) is 31.1 Å². The van der Waals surface area contributed by atoms with E-state index in [0.29, 0.717) is 18.0 Å². The highest BCUT2D eigenvalue weighted by molar-refractivity contribution is 5.79. The number of fused-ring (bicyclic) bond motifs is 1. The molecular weight excluding hydrogens is 376 g/mol. The average Bonchev–Trinajstić information content (AvgIpc) is 3.24. The van der Waals surface area contributed by atoms with Crippen LogP contribution in [-0.2, 0) is 4.79 Å².